The van der Waals surface area contributed by atoms with Gasteiger partial charge in [-0.3, -0.25) is 9.59 Å². The summed E-state index contributed by atoms with van der Waals surface area (Å²) in [5.74, 6) is -0.811. The fourth-order valence-corrected chi connectivity index (χ4v) is 5.54. The van der Waals surface area contributed by atoms with Crippen molar-refractivity contribution in [3.8, 4) is 5.75 Å². The zero-order valence-corrected chi connectivity index (χ0v) is 23.6. The number of likely N-dealkylation sites (N-methyl/N-ethyl adjacent to an activating group) is 1. The van der Waals surface area contributed by atoms with Crippen molar-refractivity contribution < 1.29 is 27.9 Å². The molecule has 0 spiro atoms. The van der Waals surface area contributed by atoms with Gasteiger partial charge >= 0.3 is 0 Å². The number of sulfonamides is 1. The molecule has 4 rings (SSSR count). The van der Waals surface area contributed by atoms with Crippen molar-refractivity contribution in [1.29, 1.82) is 0 Å². The van der Waals surface area contributed by atoms with Gasteiger partial charge in [0.25, 0.3) is 5.91 Å². The summed E-state index contributed by atoms with van der Waals surface area (Å²) in [5, 5.41) is 23.2. The molecule has 2 aromatic carbocycles. The minimum Gasteiger partial charge on any atom is -0.488 e. The van der Waals surface area contributed by atoms with Gasteiger partial charge in [-0.1, -0.05) is 24.6 Å². The van der Waals surface area contributed by atoms with Crippen molar-refractivity contribution in [3.63, 3.8) is 0 Å². The van der Waals surface area contributed by atoms with E-state index in [1.165, 1.54) is 28.4 Å². The number of aromatic nitrogens is 4. The Bertz CT molecular complexity index is 1450. The van der Waals surface area contributed by atoms with E-state index in [1.807, 2.05) is 13.8 Å². The Morgan fingerprint density at radius 2 is 1.98 bits per heavy atom. The van der Waals surface area contributed by atoms with Gasteiger partial charge in [-0.15, -0.1) is 5.10 Å². The third kappa shape index (κ3) is 6.46. The lowest BCUT2D eigenvalue weighted by atomic mass is 9.99. The van der Waals surface area contributed by atoms with E-state index in [-0.39, 0.29) is 54.3 Å². The summed E-state index contributed by atoms with van der Waals surface area (Å²) < 4.78 is 35.3. The van der Waals surface area contributed by atoms with Gasteiger partial charge in [0.05, 0.1) is 29.7 Å². The summed E-state index contributed by atoms with van der Waals surface area (Å²) in [5.41, 5.74) is 1.49. The van der Waals surface area contributed by atoms with Crippen LogP contribution in [0.2, 0.25) is 0 Å². The predicted octanol–water partition coefficient (Wildman–Crippen LogP) is 1.16. The van der Waals surface area contributed by atoms with Gasteiger partial charge in [-0.05, 0) is 54.6 Å². The number of ether oxygens (including phenoxy) is 1. The number of aliphatic hydroxyl groups is 1. The molecule has 1 aliphatic heterocycles. The van der Waals surface area contributed by atoms with Crippen molar-refractivity contribution in [2.45, 2.75) is 44.4 Å². The van der Waals surface area contributed by atoms with Crippen LogP contribution in [0, 0.1) is 12.8 Å². The van der Waals surface area contributed by atoms with E-state index < -0.39 is 28.1 Å². The number of carbonyl (C=O) groups is 2. The van der Waals surface area contributed by atoms with E-state index in [4.69, 9.17) is 4.74 Å². The van der Waals surface area contributed by atoms with Crippen molar-refractivity contribution in [2.75, 3.05) is 32.1 Å². The van der Waals surface area contributed by atoms with Crippen LogP contribution in [0.5, 0.6) is 5.75 Å². The van der Waals surface area contributed by atoms with Crippen LogP contribution in [0.4, 0.5) is 5.69 Å². The van der Waals surface area contributed by atoms with E-state index in [1.54, 1.807) is 48.2 Å². The zero-order chi connectivity index (χ0) is 29.0. The number of carbonyl (C=O) groups excluding carboxylic acids is 2. The molecule has 14 heteroatoms. The quantitative estimate of drug-likeness (QED) is 0.384. The second kappa shape index (κ2) is 12.1. The Labute approximate surface area is 232 Å². The lowest BCUT2D eigenvalue weighted by molar-refractivity contribution is -0.116. The van der Waals surface area contributed by atoms with Crippen LogP contribution in [0.1, 0.15) is 29.8 Å². The van der Waals surface area contributed by atoms with Crippen LogP contribution in [-0.4, -0.2) is 93.6 Å². The Kier molecular flexibility index (Phi) is 8.81. The minimum absolute atomic E-state index is 0.0246. The van der Waals surface area contributed by atoms with Crippen LogP contribution in [-0.2, 0) is 21.4 Å². The first-order valence-corrected chi connectivity index (χ1v) is 14.2. The fourth-order valence-electron chi connectivity index (χ4n) is 4.36. The number of aryl methyl sites for hydroxylation is 1. The molecule has 0 fully saturated rings. The number of nitrogens with zero attached hydrogens (tertiary/aromatic N) is 6. The number of hydrogen-bond donors (Lipinski definition) is 2. The van der Waals surface area contributed by atoms with Crippen molar-refractivity contribution in [3.05, 3.63) is 59.9 Å². The number of tetrazole rings is 1. The number of hydrogen-bond acceptors (Lipinski definition) is 9. The Balaban J connectivity index is 1.62. The maximum absolute atomic E-state index is 13.6. The van der Waals surface area contributed by atoms with Gasteiger partial charge in [0.2, 0.25) is 15.9 Å². The average molecular weight is 572 g/mol. The molecule has 214 valence electrons. The third-order valence-corrected chi connectivity index (χ3v) is 8.65. The van der Waals surface area contributed by atoms with Crippen LogP contribution >= 0.6 is 0 Å². The van der Waals surface area contributed by atoms with Crippen LogP contribution in [0.3, 0.4) is 0 Å². The molecule has 0 saturated heterocycles. The number of amides is 2. The highest BCUT2D eigenvalue weighted by Gasteiger charge is 2.35. The topological polar surface area (TPSA) is 160 Å². The Morgan fingerprint density at radius 3 is 2.62 bits per heavy atom. The SMILES string of the molecule is Cc1ccc(S(=O)(=O)N(C)C[C@H]2Oc3ccc(NC(=O)Cn4cnnn4)cc3C(=O)N([C@@H](C)CO)C[C@H]2C)cc1. The molecule has 13 nitrogen and oxygen atoms in total. The summed E-state index contributed by atoms with van der Waals surface area (Å²) in [4.78, 5) is 27.8. The third-order valence-electron chi connectivity index (χ3n) is 6.81. The van der Waals surface area contributed by atoms with Gasteiger partial charge in [0, 0.05) is 25.2 Å². The summed E-state index contributed by atoms with van der Waals surface area (Å²) >= 11 is 0. The van der Waals surface area contributed by atoms with E-state index in [0.717, 1.165) is 5.56 Å². The molecule has 0 unspecified atom stereocenters. The van der Waals surface area contributed by atoms with E-state index in [2.05, 4.69) is 20.8 Å². The largest absolute Gasteiger partial charge is 0.488 e. The molecule has 1 aliphatic rings. The molecular weight excluding hydrogens is 538 g/mol. The number of benzene rings is 2. The minimum atomic E-state index is -3.79. The van der Waals surface area contributed by atoms with Crippen LogP contribution in [0.15, 0.2) is 53.7 Å². The predicted molar refractivity (Wildman–Crippen MR) is 145 cm³/mol. The van der Waals surface area contributed by atoms with Crippen LogP contribution in [0.25, 0.3) is 0 Å². The molecule has 0 aliphatic carbocycles. The van der Waals surface area contributed by atoms with Gasteiger partial charge in [-0.2, -0.15) is 4.31 Å². The monoisotopic (exact) mass is 571 g/mol. The first-order valence-electron chi connectivity index (χ1n) is 12.8. The molecule has 1 aromatic heterocycles. The molecule has 2 amide bonds. The lowest BCUT2D eigenvalue weighted by Crippen LogP contribution is -2.50. The average Bonchev–Trinajstić information content (AvgIpc) is 3.43. The summed E-state index contributed by atoms with van der Waals surface area (Å²) in [6.07, 6.45) is 0.689. The number of rotatable bonds is 9. The van der Waals surface area contributed by atoms with Crippen molar-refractivity contribution in [2.24, 2.45) is 5.92 Å². The summed E-state index contributed by atoms with van der Waals surface area (Å²) in [6, 6.07) is 10.8. The molecule has 3 atom stereocenters. The maximum Gasteiger partial charge on any atom is 0.258 e. The second-order valence-corrected chi connectivity index (χ2v) is 12.0. The number of anilines is 1. The van der Waals surface area contributed by atoms with Gasteiger partial charge < -0.3 is 20.1 Å². The lowest BCUT2D eigenvalue weighted by Gasteiger charge is -2.38. The van der Waals surface area contributed by atoms with E-state index in [9.17, 15) is 23.1 Å². The molecule has 0 bridgehead atoms. The maximum atomic E-state index is 13.6. The van der Waals surface area contributed by atoms with Gasteiger partial charge in [0.1, 0.15) is 24.7 Å². The summed E-state index contributed by atoms with van der Waals surface area (Å²) in [6.45, 7) is 5.35. The zero-order valence-electron chi connectivity index (χ0n) is 22.8. The highest BCUT2D eigenvalue weighted by Crippen LogP contribution is 2.31. The molecule has 40 heavy (non-hydrogen) atoms. The first kappa shape index (κ1) is 29.1. The standard InChI is InChI=1S/C26H33N7O6S/c1-17-5-8-21(9-6-17)40(37,38)31(4)13-24-18(2)12-33(19(3)15-34)26(36)22-11-20(7-10-23(22)39-24)28-25(35)14-32-16-27-29-30-32/h5-11,16,18-19,24,34H,12-15H2,1-4H3,(H,28,35)/t18-,19+,24-/m1/s1. The fraction of sp³-hybridized carbons (Fsp3) is 0.423. The van der Waals surface area contributed by atoms with Gasteiger partial charge in [0.15, 0.2) is 0 Å². The van der Waals surface area contributed by atoms with E-state index >= 15 is 0 Å². The highest BCUT2D eigenvalue weighted by molar-refractivity contribution is 7.89. The van der Waals surface area contributed by atoms with Gasteiger partial charge in [-0.25, -0.2) is 13.1 Å². The molecule has 0 saturated carbocycles. The molecular formula is C26H33N7O6S. The van der Waals surface area contributed by atoms with E-state index in [0.29, 0.717) is 5.69 Å². The first-order chi connectivity index (χ1) is 19.0. The Hall–Kier alpha value is -3.88. The van der Waals surface area contributed by atoms with Crippen molar-refractivity contribution in [1.82, 2.24) is 29.4 Å². The second-order valence-electron chi connectivity index (χ2n) is 9.99. The highest BCUT2D eigenvalue weighted by atomic mass is 32.2. The summed E-state index contributed by atoms with van der Waals surface area (Å²) in [7, 11) is -2.30. The van der Waals surface area contributed by atoms with Crippen LogP contribution < -0.4 is 10.1 Å². The number of aliphatic hydroxyl groups excluding tert-OH is 1. The normalized spacial score (nSPS) is 18.4. The molecule has 2 heterocycles. The number of nitrogens with one attached hydrogen (secondary N) is 1. The smallest absolute Gasteiger partial charge is 0.258 e. The molecule has 3 aromatic rings. The Morgan fingerprint density at radius 1 is 1.25 bits per heavy atom. The van der Waals surface area contributed by atoms with Crippen molar-refractivity contribution >= 4 is 27.5 Å². The number of fused-ring (bicyclic) bond motifs is 1. The molecule has 2 N–H and O–H groups in total. The molecule has 0 radical (unpaired) electrons.